The molecule has 28 heavy (non-hydrogen) atoms. The molecule has 6 nitrogen and oxygen atoms in total. The first-order valence-electron chi connectivity index (χ1n) is 11.3. The largest absolute Gasteiger partial charge is 0.397 e. The Labute approximate surface area is 175 Å². The van der Waals surface area contributed by atoms with E-state index in [1.165, 1.54) is 95.0 Å². The monoisotopic (exact) mass is 425 g/mol. The van der Waals surface area contributed by atoms with Crippen LogP contribution in [0.3, 0.4) is 0 Å². The predicted octanol–water partition coefficient (Wildman–Crippen LogP) is 6.39. The van der Waals surface area contributed by atoms with Gasteiger partial charge in [0.1, 0.15) is 0 Å². The van der Waals surface area contributed by atoms with E-state index in [0.29, 0.717) is 6.04 Å². The van der Waals surface area contributed by atoms with Crippen LogP contribution in [0.2, 0.25) is 0 Å². The van der Waals surface area contributed by atoms with Crippen molar-refractivity contribution in [3.63, 3.8) is 0 Å². The lowest BCUT2D eigenvalue weighted by Crippen LogP contribution is -2.29. The number of hydrogen-bond acceptors (Lipinski definition) is 5. The van der Waals surface area contributed by atoms with Crippen LogP contribution in [0.1, 0.15) is 117 Å². The molecule has 0 fully saturated rings. The van der Waals surface area contributed by atoms with Crippen molar-refractivity contribution in [1.82, 2.24) is 5.06 Å². The molecule has 0 rings (SSSR count). The zero-order valence-corrected chi connectivity index (χ0v) is 19.7. The van der Waals surface area contributed by atoms with Crippen LogP contribution in [0.5, 0.6) is 0 Å². The molecule has 0 aromatic rings. The summed E-state index contributed by atoms with van der Waals surface area (Å²) >= 11 is 0. The van der Waals surface area contributed by atoms with Crippen LogP contribution in [-0.4, -0.2) is 42.9 Å². The highest BCUT2D eigenvalue weighted by atomic mass is 32.3. The van der Waals surface area contributed by atoms with Crippen molar-refractivity contribution >= 4 is 10.4 Å². The average Bonchev–Trinajstić information content (AvgIpc) is 2.67. The van der Waals surface area contributed by atoms with E-state index in [1.807, 2.05) is 6.92 Å². The molecular weight excluding hydrogens is 378 g/mol. The first-order chi connectivity index (χ1) is 13.3. The van der Waals surface area contributed by atoms with E-state index in [-0.39, 0.29) is 0 Å². The van der Waals surface area contributed by atoms with Gasteiger partial charge in [-0.05, 0) is 13.3 Å². The molecule has 0 aromatic heterocycles. The second-order valence-electron chi connectivity index (χ2n) is 7.58. The Hall–Kier alpha value is -0.210. The molecule has 7 heteroatoms. The van der Waals surface area contributed by atoms with Crippen molar-refractivity contribution in [2.45, 2.75) is 123 Å². The summed E-state index contributed by atoms with van der Waals surface area (Å²) in [5, 5.41) is 11.0. The lowest BCUT2D eigenvalue weighted by atomic mass is 10.0. The third-order valence-electron chi connectivity index (χ3n) is 5.02. The standard InChI is InChI=1S/C20H43NO.CH4O4S/c1-4-6-7-8-9-10-11-12-13-14-15-16-17-18-19-20(3)21(22)5-2;1-5-6(2,3)4/h20,22H,4-19H2,1-3H3;1H3,(H,2,3,4). The topological polar surface area (TPSA) is 87.1 Å². The van der Waals surface area contributed by atoms with Crippen molar-refractivity contribution in [2.75, 3.05) is 13.7 Å². The zero-order chi connectivity index (χ0) is 21.7. The van der Waals surface area contributed by atoms with Crippen molar-refractivity contribution in [2.24, 2.45) is 0 Å². The minimum absolute atomic E-state index is 0.322. The van der Waals surface area contributed by atoms with Gasteiger partial charge in [-0.15, -0.1) is 0 Å². The van der Waals surface area contributed by atoms with E-state index in [4.69, 9.17) is 4.55 Å². The van der Waals surface area contributed by atoms with Crippen molar-refractivity contribution in [3.05, 3.63) is 0 Å². The first kappa shape index (κ1) is 30.0. The summed E-state index contributed by atoms with van der Waals surface area (Å²) in [6, 6.07) is 0.322. The maximum Gasteiger partial charge on any atom is 0.397 e. The van der Waals surface area contributed by atoms with Crippen molar-refractivity contribution < 1.29 is 22.4 Å². The van der Waals surface area contributed by atoms with E-state index in [1.54, 1.807) is 0 Å². The minimum atomic E-state index is -4.16. The van der Waals surface area contributed by atoms with Gasteiger partial charge in [-0.1, -0.05) is 104 Å². The molecule has 0 saturated heterocycles. The molecule has 0 aromatic carbocycles. The van der Waals surface area contributed by atoms with E-state index in [9.17, 15) is 13.6 Å². The van der Waals surface area contributed by atoms with Crippen LogP contribution in [0.4, 0.5) is 0 Å². The minimum Gasteiger partial charge on any atom is -0.314 e. The summed E-state index contributed by atoms with van der Waals surface area (Å²) in [7, 11) is -3.29. The van der Waals surface area contributed by atoms with E-state index >= 15 is 0 Å². The number of nitrogens with zero attached hydrogens (tertiary/aromatic N) is 1. The Balaban J connectivity index is 0. The third kappa shape index (κ3) is 25.8. The van der Waals surface area contributed by atoms with Crippen LogP contribution in [-0.2, 0) is 14.6 Å². The SMILES string of the molecule is CCCCCCCCCCCCCCCCC(C)N(O)CC.COS(=O)(=O)O. The molecule has 0 aliphatic heterocycles. The number of rotatable bonds is 18. The number of hydroxylamine groups is 2. The molecule has 172 valence electrons. The predicted molar refractivity (Wildman–Crippen MR) is 117 cm³/mol. The average molecular weight is 426 g/mol. The number of hydrogen-bond donors (Lipinski definition) is 2. The molecular formula is C21H47NO5S. The summed E-state index contributed by atoms with van der Waals surface area (Å²) in [4.78, 5) is 0. The van der Waals surface area contributed by atoms with Gasteiger partial charge in [0.05, 0.1) is 7.11 Å². The Morgan fingerprint density at radius 1 is 0.786 bits per heavy atom. The molecule has 0 aliphatic rings. The summed E-state index contributed by atoms with van der Waals surface area (Å²) in [5.74, 6) is 0. The molecule has 0 saturated carbocycles. The Bertz CT molecular complexity index is 404. The maximum atomic E-state index is 9.56. The Morgan fingerprint density at radius 3 is 1.39 bits per heavy atom. The summed E-state index contributed by atoms with van der Waals surface area (Å²) in [6.45, 7) is 7.14. The molecule has 0 bridgehead atoms. The van der Waals surface area contributed by atoms with Gasteiger partial charge in [0, 0.05) is 12.6 Å². The molecule has 0 spiro atoms. The highest BCUT2D eigenvalue weighted by Gasteiger charge is 2.07. The van der Waals surface area contributed by atoms with E-state index in [0.717, 1.165) is 20.1 Å². The second-order valence-corrected chi connectivity index (χ2v) is 8.77. The van der Waals surface area contributed by atoms with Gasteiger partial charge >= 0.3 is 10.4 Å². The molecule has 2 N–H and O–H groups in total. The van der Waals surface area contributed by atoms with Gasteiger partial charge in [-0.25, -0.2) is 0 Å². The highest BCUT2D eigenvalue weighted by Crippen LogP contribution is 2.14. The van der Waals surface area contributed by atoms with Gasteiger partial charge in [0.2, 0.25) is 0 Å². The van der Waals surface area contributed by atoms with Gasteiger partial charge in [-0.2, -0.15) is 13.5 Å². The molecule has 0 amide bonds. The quantitative estimate of drug-likeness (QED) is 0.150. The first-order valence-corrected chi connectivity index (χ1v) is 12.6. The van der Waals surface area contributed by atoms with Crippen LogP contribution in [0.25, 0.3) is 0 Å². The smallest absolute Gasteiger partial charge is 0.314 e. The van der Waals surface area contributed by atoms with Crippen LogP contribution in [0.15, 0.2) is 0 Å². The lowest BCUT2D eigenvalue weighted by molar-refractivity contribution is -0.119. The fourth-order valence-corrected chi connectivity index (χ4v) is 3.09. The Kier molecular flexibility index (Phi) is 23.0. The summed E-state index contributed by atoms with van der Waals surface area (Å²) < 4.78 is 29.7. The summed E-state index contributed by atoms with van der Waals surface area (Å²) in [6.07, 6.45) is 20.8. The van der Waals surface area contributed by atoms with Crippen molar-refractivity contribution in [1.29, 1.82) is 0 Å². The van der Waals surface area contributed by atoms with Gasteiger partial charge in [0.25, 0.3) is 0 Å². The third-order valence-corrected chi connectivity index (χ3v) is 5.44. The van der Waals surface area contributed by atoms with Gasteiger partial charge in [0.15, 0.2) is 0 Å². The fraction of sp³-hybridized carbons (Fsp3) is 1.00. The van der Waals surface area contributed by atoms with Crippen molar-refractivity contribution in [3.8, 4) is 0 Å². The van der Waals surface area contributed by atoms with Gasteiger partial charge in [-0.3, -0.25) is 8.74 Å². The Morgan fingerprint density at radius 2 is 1.11 bits per heavy atom. The fourth-order valence-electron chi connectivity index (χ4n) is 3.09. The molecule has 0 radical (unpaired) electrons. The van der Waals surface area contributed by atoms with E-state index in [2.05, 4.69) is 18.0 Å². The molecule has 1 atom stereocenters. The van der Waals surface area contributed by atoms with Crippen LogP contribution in [0, 0.1) is 0 Å². The molecule has 1 unspecified atom stereocenters. The summed E-state index contributed by atoms with van der Waals surface area (Å²) in [5.41, 5.74) is 0. The molecule has 0 aliphatic carbocycles. The highest BCUT2D eigenvalue weighted by molar-refractivity contribution is 7.80. The lowest BCUT2D eigenvalue weighted by Gasteiger charge is -2.20. The number of unbranched alkanes of at least 4 members (excludes halogenated alkanes) is 13. The van der Waals surface area contributed by atoms with Gasteiger partial charge < -0.3 is 5.21 Å². The maximum absolute atomic E-state index is 9.56. The normalized spacial score (nSPS) is 12.7. The molecule has 0 heterocycles. The van der Waals surface area contributed by atoms with Crippen LogP contribution < -0.4 is 0 Å². The van der Waals surface area contributed by atoms with Crippen LogP contribution >= 0.6 is 0 Å². The second kappa shape index (κ2) is 21.5. The van der Waals surface area contributed by atoms with E-state index < -0.39 is 10.4 Å². The zero-order valence-electron chi connectivity index (χ0n) is 18.9.